The third-order valence-electron chi connectivity index (χ3n) is 1.94. The lowest BCUT2D eigenvalue weighted by Gasteiger charge is -2.13. The summed E-state index contributed by atoms with van der Waals surface area (Å²) < 4.78 is 0. The zero-order valence-electron chi connectivity index (χ0n) is 6.50. The zero-order chi connectivity index (χ0) is 7.68. The van der Waals surface area contributed by atoms with Crippen molar-refractivity contribution in [2.45, 2.75) is 11.8 Å². The fourth-order valence-corrected chi connectivity index (χ4v) is 2.36. The van der Waals surface area contributed by atoms with E-state index in [2.05, 4.69) is 37.3 Å². The van der Waals surface area contributed by atoms with Gasteiger partial charge in [0.2, 0.25) is 0 Å². The second-order valence-electron chi connectivity index (χ2n) is 2.69. The minimum atomic E-state index is 1.13. The molecule has 1 heteroatoms. The van der Waals surface area contributed by atoms with Crippen LogP contribution in [0.1, 0.15) is 12.5 Å². The van der Waals surface area contributed by atoms with Crippen molar-refractivity contribution >= 4 is 17.3 Å². The Labute approximate surface area is 71.3 Å². The van der Waals surface area contributed by atoms with Crippen LogP contribution in [-0.2, 0) is 0 Å². The SMILES string of the molecule is CC1=CCSc2ccccc21. The number of fused-ring (bicyclic) bond motifs is 1. The van der Waals surface area contributed by atoms with Crippen LogP contribution in [0.15, 0.2) is 35.2 Å². The molecule has 0 aliphatic carbocycles. The number of benzene rings is 1. The lowest BCUT2D eigenvalue weighted by Crippen LogP contribution is -1.90. The van der Waals surface area contributed by atoms with E-state index in [0.29, 0.717) is 0 Å². The smallest absolute Gasteiger partial charge is 0.0166 e. The van der Waals surface area contributed by atoms with Gasteiger partial charge in [-0.15, -0.1) is 11.8 Å². The second-order valence-corrected chi connectivity index (χ2v) is 3.76. The molecular weight excluding hydrogens is 152 g/mol. The van der Waals surface area contributed by atoms with Crippen LogP contribution in [-0.4, -0.2) is 5.75 Å². The van der Waals surface area contributed by atoms with Crippen LogP contribution in [0.3, 0.4) is 0 Å². The molecule has 56 valence electrons. The molecule has 0 unspecified atom stereocenters. The Morgan fingerprint density at radius 3 is 2.91 bits per heavy atom. The fraction of sp³-hybridized carbons (Fsp3) is 0.200. The van der Waals surface area contributed by atoms with Gasteiger partial charge in [0, 0.05) is 10.6 Å². The van der Waals surface area contributed by atoms with Crippen LogP contribution in [0.4, 0.5) is 0 Å². The summed E-state index contributed by atoms with van der Waals surface area (Å²) in [6, 6.07) is 8.58. The summed E-state index contributed by atoms with van der Waals surface area (Å²) in [7, 11) is 0. The van der Waals surface area contributed by atoms with Gasteiger partial charge < -0.3 is 0 Å². The molecule has 0 aromatic heterocycles. The highest BCUT2D eigenvalue weighted by molar-refractivity contribution is 7.99. The van der Waals surface area contributed by atoms with Crippen LogP contribution in [0, 0.1) is 0 Å². The van der Waals surface area contributed by atoms with E-state index < -0.39 is 0 Å². The first-order valence-electron chi connectivity index (χ1n) is 3.77. The zero-order valence-corrected chi connectivity index (χ0v) is 7.32. The van der Waals surface area contributed by atoms with Gasteiger partial charge in [0.15, 0.2) is 0 Å². The molecule has 0 radical (unpaired) electrons. The average Bonchev–Trinajstić information content (AvgIpc) is 2.06. The third-order valence-corrected chi connectivity index (χ3v) is 2.94. The van der Waals surface area contributed by atoms with E-state index in [1.807, 2.05) is 11.8 Å². The molecule has 0 bridgehead atoms. The van der Waals surface area contributed by atoms with Crippen molar-refractivity contribution in [2.75, 3.05) is 5.75 Å². The maximum absolute atomic E-state index is 2.28. The number of thioether (sulfide) groups is 1. The van der Waals surface area contributed by atoms with Crippen molar-refractivity contribution in [3.05, 3.63) is 35.9 Å². The normalized spacial score (nSPS) is 15.5. The van der Waals surface area contributed by atoms with E-state index in [-0.39, 0.29) is 0 Å². The molecule has 1 heterocycles. The Morgan fingerprint density at radius 1 is 1.27 bits per heavy atom. The monoisotopic (exact) mass is 162 g/mol. The lowest BCUT2D eigenvalue weighted by atomic mass is 10.1. The molecule has 0 nitrogen and oxygen atoms in total. The average molecular weight is 162 g/mol. The highest BCUT2D eigenvalue weighted by atomic mass is 32.2. The summed E-state index contributed by atoms with van der Waals surface area (Å²) in [5, 5.41) is 0. The Hall–Kier alpha value is -0.690. The molecule has 1 aromatic carbocycles. The summed E-state index contributed by atoms with van der Waals surface area (Å²) >= 11 is 1.92. The van der Waals surface area contributed by atoms with E-state index in [1.54, 1.807) is 0 Å². The van der Waals surface area contributed by atoms with Crippen LogP contribution >= 0.6 is 11.8 Å². The minimum Gasteiger partial charge on any atom is -0.121 e. The summed E-state index contributed by atoms with van der Waals surface area (Å²) in [5.74, 6) is 1.13. The fourth-order valence-electron chi connectivity index (χ4n) is 1.28. The maximum Gasteiger partial charge on any atom is 0.0166 e. The Kier molecular flexibility index (Phi) is 1.74. The number of hydrogen-bond donors (Lipinski definition) is 0. The van der Waals surface area contributed by atoms with Crippen LogP contribution in [0.2, 0.25) is 0 Å². The molecule has 1 aromatic rings. The number of rotatable bonds is 0. The first kappa shape index (κ1) is 6.99. The van der Waals surface area contributed by atoms with Crippen LogP contribution in [0.5, 0.6) is 0 Å². The van der Waals surface area contributed by atoms with Gasteiger partial charge in [-0.05, 0) is 24.1 Å². The van der Waals surface area contributed by atoms with Crippen molar-refractivity contribution in [3.8, 4) is 0 Å². The number of hydrogen-bond acceptors (Lipinski definition) is 1. The topological polar surface area (TPSA) is 0 Å². The van der Waals surface area contributed by atoms with E-state index in [9.17, 15) is 0 Å². The van der Waals surface area contributed by atoms with Crippen molar-refractivity contribution in [2.24, 2.45) is 0 Å². The third kappa shape index (κ3) is 1.21. The predicted molar refractivity (Wildman–Crippen MR) is 50.8 cm³/mol. The van der Waals surface area contributed by atoms with Crippen molar-refractivity contribution in [1.29, 1.82) is 0 Å². The van der Waals surface area contributed by atoms with Gasteiger partial charge in [-0.25, -0.2) is 0 Å². The molecule has 0 atom stereocenters. The highest BCUT2D eigenvalue weighted by Gasteiger charge is 2.07. The van der Waals surface area contributed by atoms with Crippen molar-refractivity contribution < 1.29 is 0 Å². The lowest BCUT2D eigenvalue weighted by molar-refractivity contribution is 1.35. The Morgan fingerprint density at radius 2 is 2.09 bits per heavy atom. The van der Waals surface area contributed by atoms with Crippen LogP contribution in [0.25, 0.3) is 5.57 Å². The van der Waals surface area contributed by atoms with E-state index in [4.69, 9.17) is 0 Å². The first-order chi connectivity index (χ1) is 5.38. The minimum absolute atomic E-state index is 1.13. The molecule has 1 aliphatic heterocycles. The van der Waals surface area contributed by atoms with Crippen LogP contribution < -0.4 is 0 Å². The summed E-state index contributed by atoms with van der Waals surface area (Å²) in [5.41, 5.74) is 2.82. The largest absolute Gasteiger partial charge is 0.121 e. The van der Waals surface area contributed by atoms with Gasteiger partial charge in [-0.3, -0.25) is 0 Å². The van der Waals surface area contributed by atoms with Gasteiger partial charge >= 0.3 is 0 Å². The number of allylic oxidation sites excluding steroid dienone is 1. The van der Waals surface area contributed by atoms with Gasteiger partial charge in [-0.2, -0.15) is 0 Å². The van der Waals surface area contributed by atoms with E-state index in [0.717, 1.165) is 5.75 Å². The van der Waals surface area contributed by atoms with Gasteiger partial charge in [-0.1, -0.05) is 24.3 Å². The molecule has 0 fully saturated rings. The quantitative estimate of drug-likeness (QED) is 0.564. The Bertz CT molecular complexity index is 299. The molecule has 0 N–H and O–H groups in total. The second kappa shape index (κ2) is 2.74. The summed E-state index contributed by atoms with van der Waals surface area (Å²) in [4.78, 5) is 1.42. The molecule has 0 saturated heterocycles. The van der Waals surface area contributed by atoms with E-state index >= 15 is 0 Å². The molecule has 11 heavy (non-hydrogen) atoms. The van der Waals surface area contributed by atoms with Gasteiger partial charge in [0.1, 0.15) is 0 Å². The highest BCUT2D eigenvalue weighted by Crippen LogP contribution is 2.32. The van der Waals surface area contributed by atoms with Crippen molar-refractivity contribution in [3.63, 3.8) is 0 Å². The summed E-state index contributed by atoms with van der Waals surface area (Å²) in [6.45, 7) is 2.18. The van der Waals surface area contributed by atoms with Gasteiger partial charge in [0.25, 0.3) is 0 Å². The molecule has 0 saturated carbocycles. The maximum atomic E-state index is 2.28. The molecule has 0 amide bonds. The van der Waals surface area contributed by atoms with Gasteiger partial charge in [0.05, 0.1) is 0 Å². The van der Waals surface area contributed by atoms with Crippen molar-refractivity contribution in [1.82, 2.24) is 0 Å². The Balaban J connectivity index is 2.56. The molecule has 1 aliphatic rings. The molecule has 2 rings (SSSR count). The predicted octanol–water partition coefficient (Wildman–Crippen LogP) is 3.20. The van der Waals surface area contributed by atoms with E-state index in [1.165, 1.54) is 16.0 Å². The molecular formula is C10H10S. The standard InChI is InChI=1S/C10H10S/c1-8-6-7-11-10-5-3-2-4-9(8)10/h2-6H,7H2,1H3. The summed E-state index contributed by atoms with van der Waals surface area (Å²) in [6.07, 6.45) is 2.28. The molecule has 0 spiro atoms. The first-order valence-corrected chi connectivity index (χ1v) is 4.75.